The molecule has 1 saturated heterocycles. The molecule has 0 bridgehead atoms. The van der Waals surface area contributed by atoms with Gasteiger partial charge in [-0.05, 0) is 43.3 Å². The Morgan fingerprint density at radius 3 is 2.49 bits per heavy atom. The third kappa shape index (κ3) is 7.42. The number of ether oxygens (including phenoxy) is 1. The molecule has 13 heteroatoms. The molecule has 0 radical (unpaired) electrons. The molecule has 1 aliphatic heterocycles. The molecule has 2 aromatic heterocycles. The Bertz CT molecular complexity index is 1400. The number of fused-ring (bicyclic) bond motifs is 1. The van der Waals surface area contributed by atoms with E-state index >= 15 is 0 Å². The quantitative estimate of drug-likeness (QED) is 0.327. The molecule has 1 aliphatic rings. The second-order valence-corrected chi connectivity index (χ2v) is 8.51. The Hall–Kier alpha value is -4.23. The van der Waals surface area contributed by atoms with Crippen LogP contribution >= 0.6 is 0 Å². The van der Waals surface area contributed by atoms with Gasteiger partial charge in [-0.15, -0.1) is 0 Å². The van der Waals surface area contributed by atoms with Crippen molar-refractivity contribution >= 4 is 22.8 Å². The molecule has 10 nitrogen and oxygen atoms in total. The van der Waals surface area contributed by atoms with Crippen LogP contribution in [0.15, 0.2) is 63.7 Å². The number of halogens is 3. The lowest BCUT2D eigenvalue weighted by molar-refractivity contribution is -0.192. The number of rotatable bonds is 7. The molecule has 0 aliphatic carbocycles. The molecule has 0 saturated carbocycles. The van der Waals surface area contributed by atoms with Crippen molar-refractivity contribution in [3.8, 4) is 22.8 Å². The Labute approximate surface area is 220 Å². The van der Waals surface area contributed by atoms with Gasteiger partial charge in [0.2, 0.25) is 5.89 Å². The van der Waals surface area contributed by atoms with E-state index in [9.17, 15) is 18.0 Å². The van der Waals surface area contributed by atoms with Gasteiger partial charge in [0.15, 0.2) is 5.58 Å². The molecule has 1 fully saturated rings. The number of alkyl halides is 3. The minimum absolute atomic E-state index is 0.119. The fourth-order valence-electron chi connectivity index (χ4n) is 3.79. The Morgan fingerprint density at radius 2 is 1.79 bits per heavy atom. The zero-order valence-electron chi connectivity index (χ0n) is 20.6. The van der Waals surface area contributed by atoms with E-state index in [2.05, 4.69) is 20.4 Å². The van der Waals surface area contributed by atoms with E-state index < -0.39 is 12.1 Å². The van der Waals surface area contributed by atoms with Crippen molar-refractivity contribution in [3.05, 3.63) is 60.4 Å². The fourth-order valence-corrected chi connectivity index (χ4v) is 3.79. The lowest BCUT2D eigenvalue weighted by Crippen LogP contribution is -2.38. The summed E-state index contributed by atoms with van der Waals surface area (Å²) in [6.07, 6.45) is -2.63. The monoisotopic (exact) mass is 546 g/mol. The largest absolute Gasteiger partial charge is 0.490 e. The van der Waals surface area contributed by atoms with Crippen LogP contribution in [-0.4, -0.2) is 77.6 Å². The van der Waals surface area contributed by atoms with Gasteiger partial charge in [-0.2, -0.15) is 13.2 Å². The summed E-state index contributed by atoms with van der Waals surface area (Å²) < 4.78 is 48.2. The topological polar surface area (TPSA) is 131 Å². The van der Waals surface area contributed by atoms with Gasteiger partial charge < -0.3 is 24.1 Å². The van der Waals surface area contributed by atoms with Gasteiger partial charge in [0, 0.05) is 30.8 Å². The minimum Gasteiger partial charge on any atom is -0.475 e. The summed E-state index contributed by atoms with van der Waals surface area (Å²) in [4.78, 5) is 28.5. The van der Waals surface area contributed by atoms with Crippen LogP contribution in [0.5, 0.6) is 0 Å². The molecule has 0 spiro atoms. The number of aromatic nitrogens is 2. The number of carboxylic acids is 1. The number of hydrogen-bond acceptors (Lipinski definition) is 8. The number of nitrogens with zero attached hydrogens (tertiary/aromatic N) is 3. The van der Waals surface area contributed by atoms with Gasteiger partial charge in [0.1, 0.15) is 17.7 Å². The van der Waals surface area contributed by atoms with Crippen molar-refractivity contribution in [2.45, 2.75) is 12.6 Å². The molecule has 206 valence electrons. The summed E-state index contributed by atoms with van der Waals surface area (Å²) >= 11 is 0. The number of amides is 1. The maximum Gasteiger partial charge on any atom is 0.490 e. The third-order valence-electron chi connectivity index (χ3n) is 5.78. The molecule has 3 heterocycles. The number of oxazole rings is 1. The number of morpholine rings is 1. The number of nitrogens with one attached hydrogen (secondary N) is 1. The standard InChI is InChI=1S/C24H24N4O4.C2HF3O2/c29-23(25-9-4-10-28-11-13-30-14-12-28)18-7-8-21-19(15-18)22(27-32-21)20-16-31-24(26-20)17-5-2-1-3-6-17;3-2(4,5)1(6)7/h1-3,5-8,15-16H,4,9-14H2,(H,25,29);(H,6,7). The van der Waals surface area contributed by atoms with E-state index in [0.29, 0.717) is 35.0 Å². The average molecular weight is 547 g/mol. The molecular weight excluding hydrogens is 521 g/mol. The normalized spacial score (nSPS) is 14.0. The van der Waals surface area contributed by atoms with Crippen molar-refractivity contribution in [2.75, 3.05) is 39.4 Å². The zero-order valence-corrected chi connectivity index (χ0v) is 20.6. The number of hydrogen-bond donors (Lipinski definition) is 2. The predicted octanol–water partition coefficient (Wildman–Crippen LogP) is 4.24. The van der Waals surface area contributed by atoms with Crippen LogP contribution in [0.25, 0.3) is 33.8 Å². The van der Waals surface area contributed by atoms with Crippen LogP contribution in [0.4, 0.5) is 13.2 Å². The third-order valence-corrected chi connectivity index (χ3v) is 5.78. The van der Waals surface area contributed by atoms with Gasteiger partial charge in [0.05, 0.1) is 18.6 Å². The molecular formula is C26H25F3N4O6. The lowest BCUT2D eigenvalue weighted by atomic mass is 10.1. The molecule has 2 aromatic carbocycles. The van der Waals surface area contributed by atoms with Gasteiger partial charge >= 0.3 is 12.1 Å². The SMILES string of the molecule is O=C(NCCCN1CCOCC1)c1ccc2onc(-c3coc(-c4ccccc4)n3)c2c1.O=C(O)C(F)(F)F. The van der Waals surface area contributed by atoms with Gasteiger partial charge in [-0.3, -0.25) is 9.69 Å². The summed E-state index contributed by atoms with van der Waals surface area (Å²) in [6, 6.07) is 14.9. The maximum atomic E-state index is 12.7. The first-order chi connectivity index (χ1) is 18.7. The highest BCUT2D eigenvalue weighted by atomic mass is 19.4. The van der Waals surface area contributed by atoms with Crippen LogP contribution in [0, 0.1) is 0 Å². The van der Waals surface area contributed by atoms with Crippen LogP contribution in [0.3, 0.4) is 0 Å². The van der Waals surface area contributed by atoms with E-state index in [1.807, 2.05) is 30.3 Å². The first kappa shape index (κ1) is 27.8. The number of carboxylic acid groups (broad SMARTS) is 1. The number of aliphatic carboxylic acids is 1. The van der Waals surface area contributed by atoms with E-state index in [0.717, 1.165) is 50.2 Å². The van der Waals surface area contributed by atoms with Crippen molar-refractivity contribution in [1.29, 1.82) is 0 Å². The first-order valence-corrected chi connectivity index (χ1v) is 12.0. The summed E-state index contributed by atoms with van der Waals surface area (Å²) in [7, 11) is 0. The van der Waals surface area contributed by atoms with E-state index in [1.165, 1.54) is 0 Å². The molecule has 39 heavy (non-hydrogen) atoms. The van der Waals surface area contributed by atoms with Gasteiger partial charge in [-0.25, -0.2) is 9.78 Å². The molecule has 0 atom stereocenters. The van der Waals surface area contributed by atoms with Crippen molar-refractivity contribution in [3.63, 3.8) is 0 Å². The van der Waals surface area contributed by atoms with Gasteiger partial charge in [-0.1, -0.05) is 23.4 Å². The van der Waals surface area contributed by atoms with E-state index in [-0.39, 0.29) is 5.91 Å². The second kappa shape index (κ2) is 12.5. The average Bonchev–Trinajstić information content (AvgIpc) is 3.59. The maximum absolute atomic E-state index is 12.7. The number of carbonyl (C=O) groups excluding carboxylic acids is 1. The molecule has 1 amide bonds. The lowest BCUT2D eigenvalue weighted by Gasteiger charge is -2.26. The number of benzene rings is 2. The first-order valence-electron chi connectivity index (χ1n) is 12.0. The van der Waals surface area contributed by atoms with Gasteiger partial charge in [0.25, 0.3) is 5.91 Å². The number of carbonyl (C=O) groups is 2. The molecule has 4 aromatic rings. The minimum atomic E-state index is -5.08. The Kier molecular flexibility index (Phi) is 8.94. The highest BCUT2D eigenvalue weighted by molar-refractivity contribution is 6.00. The second-order valence-electron chi connectivity index (χ2n) is 8.51. The van der Waals surface area contributed by atoms with Crippen molar-refractivity contribution < 1.29 is 41.5 Å². The summed E-state index contributed by atoms with van der Waals surface area (Å²) in [5.41, 5.74) is 3.13. The van der Waals surface area contributed by atoms with Crippen LogP contribution in [-0.2, 0) is 9.53 Å². The highest BCUT2D eigenvalue weighted by Gasteiger charge is 2.38. The molecule has 5 rings (SSSR count). The Morgan fingerprint density at radius 1 is 1.08 bits per heavy atom. The zero-order chi connectivity index (χ0) is 27.8. The summed E-state index contributed by atoms with van der Waals surface area (Å²) in [5.74, 6) is -2.37. The predicted molar refractivity (Wildman–Crippen MR) is 133 cm³/mol. The van der Waals surface area contributed by atoms with Crippen LogP contribution < -0.4 is 5.32 Å². The van der Waals surface area contributed by atoms with Crippen molar-refractivity contribution in [2.24, 2.45) is 0 Å². The Balaban J connectivity index is 0.000000448. The summed E-state index contributed by atoms with van der Waals surface area (Å²) in [5, 5.41) is 15.0. The van der Waals surface area contributed by atoms with E-state index in [1.54, 1.807) is 24.5 Å². The molecule has 2 N–H and O–H groups in total. The molecule has 0 unspecified atom stereocenters. The highest BCUT2D eigenvalue weighted by Crippen LogP contribution is 2.30. The van der Waals surface area contributed by atoms with Crippen LogP contribution in [0.2, 0.25) is 0 Å². The van der Waals surface area contributed by atoms with Crippen LogP contribution in [0.1, 0.15) is 16.8 Å². The van der Waals surface area contributed by atoms with E-state index in [4.69, 9.17) is 23.6 Å². The van der Waals surface area contributed by atoms with Crippen molar-refractivity contribution in [1.82, 2.24) is 20.4 Å². The fraction of sp³-hybridized carbons (Fsp3) is 0.308. The summed E-state index contributed by atoms with van der Waals surface area (Å²) in [6.45, 7) is 5.05. The smallest absolute Gasteiger partial charge is 0.475 e.